The second kappa shape index (κ2) is 12.0. The van der Waals surface area contributed by atoms with Gasteiger partial charge in [0.1, 0.15) is 0 Å². The lowest BCUT2D eigenvalue weighted by Gasteiger charge is -2.32. The van der Waals surface area contributed by atoms with Gasteiger partial charge in [-0.15, -0.1) is 0 Å². The van der Waals surface area contributed by atoms with Gasteiger partial charge in [-0.25, -0.2) is 8.78 Å². The second-order valence-electron chi connectivity index (χ2n) is 9.35. The van der Waals surface area contributed by atoms with Crippen molar-refractivity contribution < 1.29 is 8.78 Å². The largest absolute Gasteiger partial charge is 0.204 e. The summed E-state index contributed by atoms with van der Waals surface area (Å²) in [7, 11) is 0. The van der Waals surface area contributed by atoms with Crippen LogP contribution in [0, 0.1) is 40.7 Å². The van der Waals surface area contributed by atoms with Crippen molar-refractivity contribution in [1.82, 2.24) is 0 Å². The van der Waals surface area contributed by atoms with Crippen molar-refractivity contribution in [2.24, 2.45) is 17.8 Å². The quantitative estimate of drug-likeness (QED) is 0.312. The first-order valence-corrected chi connectivity index (χ1v) is 11.8. The Morgan fingerprint density at radius 3 is 2.00 bits per heavy atom. The van der Waals surface area contributed by atoms with E-state index in [1.54, 1.807) is 6.07 Å². The molecule has 2 fully saturated rings. The van der Waals surface area contributed by atoms with Crippen LogP contribution in [0.5, 0.6) is 0 Å². The number of rotatable bonds is 8. The van der Waals surface area contributed by atoms with Gasteiger partial charge < -0.3 is 0 Å². The van der Waals surface area contributed by atoms with Crippen LogP contribution in [0.1, 0.15) is 88.5 Å². The molecule has 3 rings (SSSR count). The molecule has 0 unspecified atom stereocenters. The minimum Gasteiger partial charge on any atom is -0.204 e. The van der Waals surface area contributed by atoms with Gasteiger partial charge in [-0.1, -0.05) is 62.8 Å². The molecule has 0 spiro atoms. The summed E-state index contributed by atoms with van der Waals surface area (Å²) < 4.78 is 26.7. The molecule has 0 N–H and O–H groups in total. The van der Waals surface area contributed by atoms with Gasteiger partial charge in [-0.05, 0) is 79.9 Å². The van der Waals surface area contributed by atoms with Gasteiger partial charge in [0, 0.05) is 6.08 Å². The minimum absolute atomic E-state index is 0.399. The maximum atomic E-state index is 13.5. The Balaban J connectivity index is 1.29. The molecule has 1 aromatic rings. The zero-order chi connectivity index (χ0) is 21.2. The van der Waals surface area contributed by atoms with Crippen molar-refractivity contribution in [3.63, 3.8) is 0 Å². The molecule has 0 heterocycles. The number of halogens is 2. The van der Waals surface area contributed by atoms with Gasteiger partial charge in [0.2, 0.25) is 0 Å². The fourth-order valence-corrected chi connectivity index (χ4v) is 5.44. The Morgan fingerprint density at radius 1 is 0.800 bits per heavy atom. The third-order valence-corrected chi connectivity index (χ3v) is 7.37. The highest BCUT2D eigenvalue weighted by atomic mass is 19.2. The Labute approximate surface area is 180 Å². The highest BCUT2D eigenvalue weighted by molar-refractivity contribution is 5.22. The third-order valence-electron chi connectivity index (χ3n) is 7.37. The van der Waals surface area contributed by atoms with E-state index in [0.717, 1.165) is 42.6 Å². The van der Waals surface area contributed by atoms with E-state index in [2.05, 4.69) is 6.08 Å². The summed E-state index contributed by atoms with van der Waals surface area (Å²) in [5, 5.41) is 8.46. The lowest BCUT2D eigenvalue weighted by atomic mass is 9.74. The average molecular weight is 412 g/mol. The molecule has 0 saturated heterocycles. The molecular weight excluding hydrogens is 376 g/mol. The molecule has 0 aromatic heterocycles. The minimum atomic E-state index is -0.744. The molecule has 0 atom stereocenters. The van der Waals surface area contributed by atoms with Crippen molar-refractivity contribution in [3.8, 4) is 6.07 Å². The molecule has 0 aliphatic heterocycles. The van der Waals surface area contributed by atoms with E-state index in [0.29, 0.717) is 5.92 Å². The third kappa shape index (κ3) is 7.08. The lowest BCUT2D eigenvalue weighted by Crippen LogP contribution is -2.18. The standard InChI is InChI=1S/C27H35F2N/c28-26-18-17-25(20-27(26)29)24-15-13-23(14-16-24)12-11-22-9-7-21(8-10-22)6-4-2-1-3-5-19-30/h1-3,5,17-18,20-24H,4,6-16H2/t21-,22-,23-,24-. The first kappa shape index (κ1) is 22.7. The second-order valence-corrected chi connectivity index (χ2v) is 9.35. The van der Waals surface area contributed by atoms with Gasteiger partial charge in [0.05, 0.1) is 6.07 Å². The van der Waals surface area contributed by atoms with Crippen LogP contribution in [0.4, 0.5) is 8.78 Å². The number of hydrogen-bond acceptors (Lipinski definition) is 1. The van der Waals surface area contributed by atoms with Gasteiger partial charge in [0.15, 0.2) is 11.6 Å². The maximum absolute atomic E-state index is 13.5. The van der Waals surface area contributed by atoms with Crippen LogP contribution in [0.25, 0.3) is 0 Å². The fourth-order valence-electron chi connectivity index (χ4n) is 5.44. The predicted molar refractivity (Wildman–Crippen MR) is 119 cm³/mol. The summed E-state index contributed by atoms with van der Waals surface area (Å²) in [5.74, 6) is 1.53. The zero-order valence-corrected chi connectivity index (χ0v) is 18.0. The molecule has 30 heavy (non-hydrogen) atoms. The Hall–Kier alpha value is -1.95. The van der Waals surface area contributed by atoms with Gasteiger partial charge in [0.25, 0.3) is 0 Å². The van der Waals surface area contributed by atoms with Crippen molar-refractivity contribution in [2.45, 2.75) is 83.0 Å². The molecule has 2 saturated carbocycles. The lowest BCUT2D eigenvalue weighted by molar-refractivity contribution is 0.225. The van der Waals surface area contributed by atoms with Crippen molar-refractivity contribution in [3.05, 3.63) is 59.7 Å². The van der Waals surface area contributed by atoms with Crippen LogP contribution in [0.2, 0.25) is 0 Å². The predicted octanol–water partition coefficient (Wildman–Crippen LogP) is 8.24. The number of nitriles is 1. The molecule has 1 aromatic carbocycles. The first-order chi connectivity index (χ1) is 14.7. The molecule has 2 aliphatic rings. The normalized spacial score (nSPS) is 27.5. The van der Waals surface area contributed by atoms with Gasteiger partial charge >= 0.3 is 0 Å². The van der Waals surface area contributed by atoms with E-state index in [1.165, 1.54) is 76.0 Å². The van der Waals surface area contributed by atoms with Crippen molar-refractivity contribution >= 4 is 0 Å². The van der Waals surface area contributed by atoms with E-state index >= 15 is 0 Å². The van der Waals surface area contributed by atoms with Crippen LogP contribution in [-0.4, -0.2) is 0 Å². The summed E-state index contributed by atoms with van der Waals surface area (Å²) >= 11 is 0. The number of hydrogen-bond donors (Lipinski definition) is 0. The maximum Gasteiger partial charge on any atom is 0.159 e. The Morgan fingerprint density at radius 2 is 1.40 bits per heavy atom. The van der Waals surface area contributed by atoms with E-state index in [9.17, 15) is 8.78 Å². The Kier molecular flexibility index (Phi) is 9.12. The molecule has 162 valence electrons. The molecule has 1 nitrogen and oxygen atoms in total. The van der Waals surface area contributed by atoms with Gasteiger partial charge in [-0.2, -0.15) is 5.26 Å². The molecule has 2 aliphatic carbocycles. The van der Waals surface area contributed by atoms with E-state index < -0.39 is 11.6 Å². The zero-order valence-electron chi connectivity index (χ0n) is 18.0. The molecular formula is C27H35F2N. The van der Waals surface area contributed by atoms with E-state index in [4.69, 9.17) is 5.26 Å². The SMILES string of the molecule is N#CC=CC=CCC[C@H]1CC[C@H](CC[C@H]2CC[C@H](c3ccc(F)c(F)c3)CC2)CC1. The van der Waals surface area contributed by atoms with E-state index in [-0.39, 0.29) is 0 Å². The topological polar surface area (TPSA) is 23.8 Å². The monoisotopic (exact) mass is 411 g/mol. The van der Waals surface area contributed by atoms with Crippen LogP contribution >= 0.6 is 0 Å². The van der Waals surface area contributed by atoms with Crippen molar-refractivity contribution in [2.75, 3.05) is 0 Å². The summed E-state index contributed by atoms with van der Waals surface area (Å²) in [6, 6.07) is 6.44. The summed E-state index contributed by atoms with van der Waals surface area (Å²) in [6.07, 6.45) is 22.8. The van der Waals surface area contributed by atoms with Crippen molar-refractivity contribution in [1.29, 1.82) is 5.26 Å². The number of benzene rings is 1. The van der Waals surface area contributed by atoms with E-state index in [1.807, 2.05) is 18.2 Å². The van der Waals surface area contributed by atoms with Gasteiger partial charge in [-0.3, -0.25) is 0 Å². The fraction of sp³-hybridized carbons (Fsp3) is 0.593. The highest BCUT2D eigenvalue weighted by Gasteiger charge is 2.25. The number of nitrogens with zero attached hydrogens (tertiary/aromatic N) is 1. The summed E-state index contributed by atoms with van der Waals surface area (Å²) in [5.41, 5.74) is 0.974. The van der Waals surface area contributed by atoms with Crippen LogP contribution in [0.15, 0.2) is 42.5 Å². The first-order valence-electron chi connectivity index (χ1n) is 11.8. The summed E-state index contributed by atoms with van der Waals surface area (Å²) in [4.78, 5) is 0. The average Bonchev–Trinajstić information content (AvgIpc) is 2.78. The van der Waals surface area contributed by atoms with Crippen LogP contribution in [0.3, 0.4) is 0 Å². The molecule has 3 heteroatoms. The highest BCUT2D eigenvalue weighted by Crippen LogP contribution is 2.40. The van der Waals surface area contributed by atoms with Crippen LogP contribution < -0.4 is 0 Å². The molecule has 0 radical (unpaired) electrons. The Bertz CT molecular complexity index is 745. The smallest absolute Gasteiger partial charge is 0.159 e. The summed E-state index contributed by atoms with van der Waals surface area (Å²) in [6.45, 7) is 0. The molecule has 0 bridgehead atoms. The molecule has 0 amide bonds. The number of allylic oxidation sites excluding steroid dienone is 4. The van der Waals surface area contributed by atoms with Crippen LogP contribution in [-0.2, 0) is 0 Å².